The summed E-state index contributed by atoms with van der Waals surface area (Å²) < 4.78 is 1.95. The average molecular weight is 351 g/mol. The molecule has 1 fully saturated rings. The fourth-order valence-electron chi connectivity index (χ4n) is 2.97. The Hall–Kier alpha value is -1.34. The summed E-state index contributed by atoms with van der Waals surface area (Å²) in [5.41, 5.74) is 0. The van der Waals surface area contributed by atoms with Crippen LogP contribution in [0.3, 0.4) is 0 Å². The molecule has 0 spiro atoms. The summed E-state index contributed by atoms with van der Waals surface area (Å²) in [5, 5.41) is 3.46. The van der Waals surface area contributed by atoms with Crippen molar-refractivity contribution in [3.63, 3.8) is 0 Å². The Morgan fingerprint density at radius 3 is 2.74 bits per heavy atom. The lowest BCUT2D eigenvalue weighted by Crippen LogP contribution is -2.45. The van der Waals surface area contributed by atoms with Crippen LogP contribution in [-0.4, -0.2) is 31.7 Å². The van der Waals surface area contributed by atoms with E-state index in [0.29, 0.717) is 0 Å². The van der Waals surface area contributed by atoms with Crippen molar-refractivity contribution in [2.45, 2.75) is 55.5 Å². The van der Waals surface area contributed by atoms with Crippen molar-refractivity contribution < 1.29 is 4.79 Å². The van der Waals surface area contributed by atoms with E-state index in [-0.39, 0.29) is 17.2 Å². The van der Waals surface area contributed by atoms with Gasteiger partial charge in [-0.1, -0.05) is 31.0 Å². The molecule has 2 aromatic rings. The van der Waals surface area contributed by atoms with E-state index in [2.05, 4.69) is 9.97 Å². The van der Waals surface area contributed by atoms with Gasteiger partial charge in [0.1, 0.15) is 0 Å². The summed E-state index contributed by atoms with van der Waals surface area (Å²) >= 11 is 3.06. The number of carbonyl (C=O) groups is 1. The Balaban J connectivity index is 1.78. The molecule has 1 saturated carbocycles. The van der Waals surface area contributed by atoms with Crippen LogP contribution in [0.5, 0.6) is 0 Å². The largest absolute Gasteiger partial charge is 0.329 e. The smallest absolute Gasteiger partial charge is 0.242 e. The van der Waals surface area contributed by atoms with Crippen molar-refractivity contribution in [1.29, 1.82) is 0 Å². The summed E-state index contributed by atoms with van der Waals surface area (Å²) in [7, 11) is 1.95. The van der Waals surface area contributed by atoms with E-state index in [0.717, 1.165) is 23.1 Å². The number of hydrogen-bond donors (Lipinski definition) is 0. The Morgan fingerprint density at radius 2 is 2.13 bits per heavy atom. The van der Waals surface area contributed by atoms with Gasteiger partial charge < -0.3 is 4.57 Å². The molecule has 0 saturated heterocycles. The van der Waals surface area contributed by atoms with Crippen LogP contribution in [0.4, 0.5) is 5.13 Å². The summed E-state index contributed by atoms with van der Waals surface area (Å²) in [6.45, 7) is 1.96. The number of carbonyl (C=O) groups excluding carboxylic acids is 1. The molecule has 0 aliphatic heterocycles. The molecule has 2 aromatic heterocycles. The first-order chi connectivity index (χ1) is 11.2. The maximum absolute atomic E-state index is 13.1. The van der Waals surface area contributed by atoms with E-state index in [1.54, 1.807) is 23.7 Å². The lowest BCUT2D eigenvalue weighted by Gasteiger charge is -2.34. The fraction of sp³-hybridized carbons (Fsp3) is 0.562. The number of imidazole rings is 1. The van der Waals surface area contributed by atoms with Crippen LogP contribution in [-0.2, 0) is 11.8 Å². The van der Waals surface area contributed by atoms with Gasteiger partial charge in [-0.15, -0.1) is 11.3 Å². The molecule has 1 aliphatic carbocycles. The zero-order valence-electron chi connectivity index (χ0n) is 13.5. The second-order valence-corrected chi connectivity index (χ2v) is 8.08. The lowest BCUT2D eigenvalue weighted by molar-refractivity contribution is -0.118. The van der Waals surface area contributed by atoms with Crippen molar-refractivity contribution in [3.05, 3.63) is 24.0 Å². The molecule has 0 bridgehead atoms. The maximum atomic E-state index is 13.1. The van der Waals surface area contributed by atoms with Gasteiger partial charge in [0.15, 0.2) is 10.3 Å². The van der Waals surface area contributed by atoms with Gasteiger partial charge >= 0.3 is 0 Å². The molecule has 0 N–H and O–H groups in total. The van der Waals surface area contributed by atoms with Gasteiger partial charge in [-0.2, -0.15) is 0 Å². The Kier molecular flexibility index (Phi) is 5.38. The normalized spacial score (nSPS) is 17.1. The van der Waals surface area contributed by atoms with Gasteiger partial charge in [-0.3, -0.25) is 9.69 Å². The number of rotatable bonds is 5. The second kappa shape index (κ2) is 7.49. The third kappa shape index (κ3) is 3.77. The van der Waals surface area contributed by atoms with E-state index in [1.807, 2.05) is 35.0 Å². The quantitative estimate of drug-likeness (QED) is 0.771. The summed E-state index contributed by atoms with van der Waals surface area (Å²) in [6.07, 6.45) is 11.3. The molecule has 124 valence electrons. The minimum absolute atomic E-state index is 0.139. The monoisotopic (exact) mass is 350 g/mol. The highest BCUT2D eigenvalue weighted by Gasteiger charge is 2.32. The van der Waals surface area contributed by atoms with Crippen LogP contribution in [0, 0.1) is 0 Å². The highest BCUT2D eigenvalue weighted by atomic mass is 32.2. The molecule has 23 heavy (non-hydrogen) atoms. The van der Waals surface area contributed by atoms with Crippen molar-refractivity contribution in [3.8, 4) is 0 Å². The molecule has 0 aromatic carbocycles. The van der Waals surface area contributed by atoms with Crippen molar-refractivity contribution in [1.82, 2.24) is 14.5 Å². The number of thiazole rings is 1. The SMILES string of the molecule is C[C@@H](Sc1nccn1C)C(=O)N(c1nccs1)C1CCCCC1. The molecule has 5 nitrogen and oxygen atoms in total. The standard InChI is InChI=1S/C16H22N4OS2/c1-12(23-15-17-8-10-19(15)2)14(21)20(16-18-9-11-22-16)13-6-4-3-5-7-13/h8-13H,3-7H2,1-2H3/t12-/m1/s1. The van der Waals surface area contributed by atoms with E-state index in [4.69, 9.17) is 0 Å². The highest BCUT2D eigenvalue weighted by Crippen LogP contribution is 2.32. The number of aromatic nitrogens is 3. The molecule has 3 rings (SSSR count). The maximum Gasteiger partial charge on any atom is 0.242 e. The number of hydrogen-bond acceptors (Lipinski definition) is 5. The van der Waals surface area contributed by atoms with Gasteiger partial charge in [-0.25, -0.2) is 9.97 Å². The molecule has 7 heteroatoms. The Bertz CT molecular complexity index is 634. The van der Waals surface area contributed by atoms with Gasteiger partial charge in [0.05, 0.1) is 5.25 Å². The van der Waals surface area contributed by atoms with E-state index >= 15 is 0 Å². The molecular formula is C16H22N4OS2. The molecular weight excluding hydrogens is 328 g/mol. The first kappa shape index (κ1) is 16.5. The predicted molar refractivity (Wildman–Crippen MR) is 95.0 cm³/mol. The topological polar surface area (TPSA) is 51.0 Å². The Labute approximate surface area is 145 Å². The van der Waals surface area contributed by atoms with E-state index < -0.39 is 0 Å². The number of anilines is 1. The minimum atomic E-state index is -0.179. The summed E-state index contributed by atoms with van der Waals surface area (Å²) in [4.78, 5) is 23.8. The molecule has 0 radical (unpaired) electrons. The van der Waals surface area contributed by atoms with Crippen molar-refractivity contribution >= 4 is 34.1 Å². The first-order valence-corrected chi connectivity index (χ1v) is 9.79. The minimum Gasteiger partial charge on any atom is -0.329 e. The number of nitrogens with zero attached hydrogens (tertiary/aromatic N) is 4. The zero-order chi connectivity index (χ0) is 16.2. The van der Waals surface area contributed by atoms with Gasteiger partial charge in [-0.05, 0) is 19.8 Å². The molecule has 1 atom stereocenters. The zero-order valence-corrected chi connectivity index (χ0v) is 15.1. The number of amides is 1. The third-order valence-electron chi connectivity index (χ3n) is 4.21. The first-order valence-electron chi connectivity index (χ1n) is 8.03. The molecule has 1 aliphatic rings. The van der Waals surface area contributed by atoms with Crippen LogP contribution < -0.4 is 4.90 Å². The van der Waals surface area contributed by atoms with Crippen LogP contribution in [0.25, 0.3) is 0 Å². The average Bonchev–Trinajstić information content (AvgIpc) is 3.21. The third-order valence-corrected chi connectivity index (χ3v) is 6.14. The van der Waals surface area contributed by atoms with Crippen molar-refractivity contribution in [2.75, 3.05) is 4.90 Å². The van der Waals surface area contributed by atoms with Gasteiger partial charge in [0.25, 0.3) is 0 Å². The van der Waals surface area contributed by atoms with Crippen LogP contribution >= 0.6 is 23.1 Å². The lowest BCUT2D eigenvalue weighted by atomic mass is 9.94. The number of thioether (sulfide) groups is 1. The summed E-state index contributed by atoms with van der Waals surface area (Å²) in [6, 6.07) is 0.284. The summed E-state index contributed by atoms with van der Waals surface area (Å²) in [5.74, 6) is 0.139. The predicted octanol–water partition coefficient (Wildman–Crippen LogP) is 3.72. The second-order valence-electron chi connectivity index (χ2n) is 5.90. The highest BCUT2D eigenvalue weighted by molar-refractivity contribution is 8.00. The van der Waals surface area contributed by atoms with Crippen LogP contribution in [0.2, 0.25) is 0 Å². The van der Waals surface area contributed by atoms with Crippen molar-refractivity contribution in [2.24, 2.45) is 7.05 Å². The van der Waals surface area contributed by atoms with E-state index in [9.17, 15) is 4.79 Å². The number of aryl methyl sites for hydroxylation is 1. The molecule has 2 heterocycles. The van der Waals surface area contributed by atoms with E-state index in [1.165, 1.54) is 31.0 Å². The van der Waals surface area contributed by atoms with Crippen LogP contribution in [0.15, 0.2) is 29.1 Å². The molecule has 1 amide bonds. The van der Waals surface area contributed by atoms with Crippen LogP contribution in [0.1, 0.15) is 39.0 Å². The van der Waals surface area contributed by atoms with Gasteiger partial charge in [0, 0.05) is 37.1 Å². The Morgan fingerprint density at radius 1 is 1.35 bits per heavy atom. The molecule has 0 unspecified atom stereocenters. The fourth-order valence-corrected chi connectivity index (χ4v) is 4.57. The van der Waals surface area contributed by atoms with Gasteiger partial charge in [0.2, 0.25) is 5.91 Å².